The van der Waals surface area contributed by atoms with Crippen LogP contribution in [0.3, 0.4) is 0 Å². The van der Waals surface area contributed by atoms with E-state index in [-0.39, 0.29) is 42.8 Å². The summed E-state index contributed by atoms with van der Waals surface area (Å²) in [5.41, 5.74) is 5.95. The predicted octanol–water partition coefficient (Wildman–Crippen LogP) is 4.02. The highest BCUT2D eigenvalue weighted by atomic mass is 35.5. The number of esters is 1. The number of hydrogen-bond donors (Lipinski definition) is 1. The van der Waals surface area contributed by atoms with E-state index in [4.69, 9.17) is 19.9 Å². The topological polar surface area (TPSA) is 70.8 Å². The SMILES string of the molecule is C[C@@H]1OC(=O)[C@@H](N)CCCC[C@H](Oc2ccccc2)[C@H]1OC1CCCC1.Cl. The number of para-hydroxylation sites is 1. The molecule has 0 radical (unpaired) electrons. The van der Waals surface area contributed by atoms with Crippen LogP contribution in [0.4, 0.5) is 0 Å². The monoisotopic (exact) mass is 397 g/mol. The van der Waals surface area contributed by atoms with Gasteiger partial charge in [-0.1, -0.05) is 37.5 Å². The van der Waals surface area contributed by atoms with Gasteiger partial charge in [-0.25, -0.2) is 0 Å². The summed E-state index contributed by atoms with van der Waals surface area (Å²) in [6, 6.07) is 9.26. The summed E-state index contributed by atoms with van der Waals surface area (Å²) in [6.45, 7) is 1.90. The Balaban J connectivity index is 0.00000261. The molecule has 2 N–H and O–H groups in total. The Bertz CT molecular complexity index is 565. The number of hydrogen-bond acceptors (Lipinski definition) is 5. The molecule has 2 aliphatic rings. The summed E-state index contributed by atoms with van der Waals surface area (Å²) < 4.78 is 18.4. The average Bonchev–Trinajstić information content (AvgIpc) is 3.15. The molecule has 3 rings (SSSR count). The molecule has 4 atom stereocenters. The molecule has 1 aliphatic carbocycles. The van der Waals surface area contributed by atoms with Gasteiger partial charge in [0.1, 0.15) is 30.1 Å². The third kappa shape index (κ3) is 6.37. The molecular formula is C21H32ClNO4. The molecule has 0 unspecified atom stereocenters. The maximum absolute atomic E-state index is 12.2. The molecule has 1 saturated carbocycles. The molecule has 1 aliphatic heterocycles. The first-order chi connectivity index (χ1) is 12.6. The Kier molecular flexibility index (Phi) is 8.87. The average molecular weight is 398 g/mol. The van der Waals surface area contributed by atoms with Crippen LogP contribution in [0.25, 0.3) is 0 Å². The van der Waals surface area contributed by atoms with Crippen molar-refractivity contribution in [2.45, 2.75) is 88.7 Å². The van der Waals surface area contributed by atoms with E-state index in [2.05, 4.69) is 0 Å². The van der Waals surface area contributed by atoms with Crippen LogP contribution in [0.15, 0.2) is 30.3 Å². The molecule has 27 heavy (non-hydrogen) atoms. The first kappa shape index (κ1) is 22.0. The third-order valence-electron chi connectivity index (χ3n) is 5.37. The van der Waals surface area contributed by atoms with Crippen LogP contribution >= 0.6 is 12.4 Å². The van der Waals surface area contributed by atoms with Gasteiger partial charge in [0.25, 0.3) is 0 Å². The van der Waals surface area contributed by atoms with Crippen LogP contribution in [0.2, 0.25) is 0 Å². The van der Waals surface area contributed by atoms with E-state index in [9.17, 15) is 4.79 Å². The highest BCUT2D eigenvalue weighted by molar-refractivity contribution is 5.85. The van der Waals surface area contributed by atoms with E-state index < -0.39 is 6.04 Å². The van der Waals surface area contributed by atoms with E-state index in [0.717, 1.165) is 37.9 Å². The van der Waals surface area contributed by atoms with Crippen LogP contribution in [-0.4, -0.2) is 36.4 Å². The number of cyclic esters (lactones) is 1. The van der Waals surface area contributed by atoms with Crippen molar-refractivity contribution in [2.24, 2.45) is 5.73 Å². The second-order valence-electron chi connectivity index (χ2n) is 7.51. The minimum absolute atomic E-state index is 0. The lowest BCUT2D eigenvalue weighted by Gasteiger charge is -2.35. The first-order valence-corrected chi connectivity index (χ1v) is 9.96. The van der Waals surface area contributed by atoms with Gasteiger partial charge in [0, 0.05) is 0 Å². The number of carbonyl (C=O) groups excluding carboxylic acids is 1. The molecule has 1 aromatic rings. The molecule has 0 bridgehead atoms. The van der Waals surface area contributed by atoms with Crippen molar-refractivity contribution < 1.29 is 19.0 Å². The molecule has 0 aromatic heterocycles. The van der Waals surface area contributed by atoms with Crippen molar-refractivity contribution in [1.29, 1.82) is 0 Å². The number of rotatable bonds is 4. The van der Waals surface area contributed by atoms with Gasteiger partial charge < -0.3 is 19.9 Å². The lowest BCUT2D eigenvalue weighted by Crippen LogP contribution is -2.47. The molecule has 0 amide bonds. The summed E-state index contributed by atoms with van der Waals surface area (Å²) in [4.78, 5) is 12.2. The van der Waals surface area contributed by atoms with Crippen molar-refractivity contribution >= 4 is 18.4 Å². The highest BCUT2D eigenvalue weighted by Crippen LogP contribution is 2.28. The smallest absolute Gasteiger partial charge is 0.323 e. The molecular weight excluding hydrogens is 366 g/mol. The minimum Gasteiger partial charge on any atom is -0.488 e. The van der Waals surface area contributed by atoms with Gasteiger partial charge in [-0.05, 0) is 51.2 Å². The van der Waals surface area contributed by atoms with Crippen molar-refractivity contribution in [1.82, 2.24) is 0 Å². The molecule has 0 spiro atoms. The van der Waals surface area contributed by atoms with Crippen LogP contribution in [0.5, 0.6) is 5.75 Å². The molecule has 1 heterocycles. The fourth-order valence-corrected chi connectivity index (χ4v) is 3.88. The van der Waals surface area contributed by atoms with Gasteiger partial charge in [0.15, 0.2) is 0 Å². The Hall–Kier alpha value is -1.30. The fourth-order valence-electron chi connectivity index (χ4n) is 3.88. The summed E-state index contributed by atoms with van der Waals surface area (Å²) in [5.74, 6) is 0.489. The summed E-state index contributed by atoms with van der Waals surface area (Å²) in [7, 11) is 0. The van der Waals surface area contributed by atoms with Crippen molar-refractivity contribution in [3.8, 4) is 5.75 Å². The van der Waals surface area contributed by atoms with Crippen molar-refractivity contribution in [3.63, 3.8) is 0 Å². The summed E-state index contributed by atoms with van der Waals surface area (Å²) >= 11 is 0. The van der Waals surface area contributed by atoms with E-state index in [0.29, 0.717) is 6.42 Å². The van der Waals surface area contributed by atoms with Crippen molar-refractivity contribution in [2.75, 3.05) is 0 Å². The number of nitrogens with two attached hydrogens (primary N) is 1. The predicted molar refractivity (Wildman–Crippen MR) is 107 cm³/mol. The van der Waals surface area contributed by atoms with Gasteiger partial charge in [0.2, 0.25) is 0 Å². The molecule has 152 valence electrons. The lowest BCUT2D eigenvalue weighted by molar-refractivity contribution is -0.170. The van der Waals surface area contributed by atoms with E-state index in [1.807, 2.05) is 37.3 Å². The maximum atomic E-state index is 12.2. The van der Waals surface area contributed by atoms with Gasteiger partial charge >= 0.3 is 5.97 Å². The fraction of sp³-hybridized carbons (Fsp3) is 0.667. The Morgan fingerprint density at radius 2 is 1.63 bits per heavy atom. The quantitative estimate of drug-likeness (QED) is 0.777. The zero-order chi connectivity index (χ0) is 18.4. The zero-order valence-electron chi connectivity index (χ0n) is 16.0. The normalized spacial score (nSPS) is 30.2. The molecule has 1 saturated heterocycles. The van der Waals surface area contributed by atoms with Crippen LogP contribution in [0.1, 0.15) is 58.3 Å². The van der Waals surface area contributed by atoms with E-state index in [1.54, 1.807) is 0 Å². The van der Waals surface area contributed by atoms with Gasteiger partial charge in [-0.3, -0.25) is 4.79 Å². The van der Waals surface area contributed by atoms with Crippen LogP contribution < -0.4 is 10.5 Å². The summed E-state index contributed by atoms with van der Waals surface area (Å²) in [6.07, 6.45) is 7.28. The second-order valence-corrected chi connectivity index (χ2v) is 7.51. The van der Waals surface area contributed by atoms with E-state index >= 15 is 0 Å². The zero-order valence-corrected chi connectivity index (χ0v) is 16.9. The highest BCUT2D eigenvalue weighted by Gasteiger charge is 2.36. The molecule has 5 nitrogen and oxygen atoms in total. The lowest BCUT2D eigenvalue weighted by atomic mass is 9.99. The largest absolute Gasteiger partial charge is 0.488 e. The second kappa shape index (κ2) is 10.9. The molecule has 2 fully saturated rings. The van der Waals surface area contributed by atoms with Crippen LogP contribution in [-0.2, 0) is 14.3 Å². The third-order valence-corrected chi connectivity index (χ3v) is 5.37. The number of halogens is 1. The van der Waals surface area contributed by atoms with Gasteiger partial charge in [-0.2, -0.15) is 0 Å². The maximum Gasteiger partial charge on any atom is 0.323 e. The van der Waals surface area contributed by atoms with E-state index in [1.165, 1.54) is 12.8 Å². The first-order valence-electron chi connectivity index (χ1n) is 9.96. The number of benzene rings is 1. The minimum atomic E-state index is -0.545. The standard InChI is InChI=1S/C21H31NO4.ClH/c1-15-20(26-17-11-5-6-12-17)19(25-16-9-3-2-4-10-16)14-8-7-13-18(22)21(23)24-15;/h2-4,9-10,15,17-20H,5-8,11-14,22H2,1H3;1H/t15-,18-,19-,20-;/m0./s1. The number of ether oxygens (including phenoxy) is 3. The Morgan fingerprint density at radius 3 is 2.33 bits per heavy atom. The molecule has 1 aromatic carbocycles. The van der Waals surface area contributed by atoms with Gasteiger partial charge in [0.05, 0.1) is 6.10 Å². The summed E-state index contributed by atoms with van der Waals surface area (Å²) in [5, 5.41) is 0. The van der Waals surface area contributed by atoms with Gasteiger partial charge in [-0.15, -0.1) is 12.4 Å². The van der Waals surface area contributed by atoms with Crippen LogP contribution in [0, 0.1) is 0 Å². The molecule has 6 heteroatoms. The Morgan fingerprint density at radius 1 is 1.00 bits per heavy atom. The van der Waals surface area contributed by atoms with Crippen molar-refractivity contribution in [3.05, 3.63) is 30.3 Å². The number of carbonyl (C=O) groups is 1. The Labute approximate surface area is 168 Å².